The van der Waals surface area contributed by atoms with Crippen LogP contribution in [-0.2, 0) is 16.0 Å². The lowest BCUT2D eigenvalue weighted by atomic mass is 9.99. The average Bonchev–Trinajstić information content (AvgIpc) is 2.45. The average molecular weight is 259 g/mol. The standard InChI is InChI=1S/C15H17NO3/c1-19-15(18)14(17)13(16)9-10-6-7-11-4-2-3-5-12(11)8-10/h2-8,13-14,17H,9,16H2,1H3. The van der Waals surface area contributed by atoms with Crippen LogP contribution in [0.4, 0.5) is 0 Å². The fourth-order valence-electron chi connectivity index (χ4n) is 2.05. The Morgan fingerprint density at radius 2 is 1.95 bits per heavy atom. The van der Waals surface area contributed by atoms with Gasteiger partial charge in [-0.3, -0.25) is 0 Å². The van der Waals surface area contributed by atoms with E-state index in [0.717, 1.165) is 16.3 Å². The van der Waals surface area contributed by atoms with Gasteiger partial charge in [-0.15, -0.1) is 0 Å². The molecule has 0 aliphatic carbocycles. The zero-order valence-corrected chi connectivity index (χ0v) is 10.7. The summed E-state index contributed by atoms with van der Waals surface area (Å²) >= 11 is 0. The first kappa shape index (κ1) is 13.5. The highest BCUT2D eigenvalue weighted by Crippen LogP contribution is 2.17. The minimum Gasteiger partial charge on any atom is -0.467 e. The van der Waals surface area contributed by atoms with E-state index in [1.165, 1.54) is 7.11 Å². The first-order chi connectivity index (χ1) is 9.11. The Hall–Kier alpha value is -1.91. The van der Waals surface area contributed by atoms with Gasteiger partial charge in [0.25, 0.3) is 0 Å². The van der Waals surface area contributed by atoms with Crippen LogP contribution in [0.5, 0.6) is 0 Å². The van der Waals surface area contributed by atoms with Gasteiger partial charge in [0.1, 0.15) is 0 Å². The van der Waals surface area contributed by atoms with Crippen LogP contribution >= 0.6 is 0 Å². The number of carbonyl (C=O) groups excluding carboxylic acids is 1. The van der Waals surface area contributed by atoms with Crippen molar-refractivity contribution in [3.05, 3.63) is 48.0 Å². The van der Waals surface area contributed by atoms with Crippen molar-refractivity contribution >= 4 is 16.7 Å². The lowest BCUT2D eigenvalue weighted by Gasteiger charge is -2.16. The van der Waals surface area contributed by atoms with Crippen LogP contribution in [0.1, 0.15) is 5.56 Å². The van der Waals surface area contributed by atoms with Crippen molar-refractivity contribution in [3.8, 4) is 0 Å². The molecule has 2 rings (SSSR count). The number of esters is 1. The summed E-state index contributed by atoms with van der Waals surface area (Å²) in [5, 5.41) is 11.9. The summed E-state index contributed by atoms with van der Waals surface area (Å²) in [5.41, 5.74) is 6.80. The van der Waals surface area contributed by atoms with Gasteiger partial charge < -0.3 is 15.6 Å². The molecule has 0 aliphatic rings. The zero-order chi connectivity index (χ0) is 13.8. The maximum atomic E-state index is 11.2. The predicted molar refractivity (Wildman–Crippen MR) is 73.7 cm³/mol. The number of hydrogen-bond acceptors (Lipinski definition) is 4. The first-order valence-corrected chi connectivity index (χ1v) is 6.11. The zero-order valence-electron chi connectivity index (χ0n) is 10.7. The fraction of sp³-hybridized carbons (Fsp3) is 0.267. The molecule has 0 saturated heterocycles. The number of carbonyl (C=O) groups is 1. The van der Waals surface area contributed by atoms with Crippen molar-refractivity contribution in [1.82, 2.24) is 0 Å². The smallest absolute Gasteiger partial charge is 0.336 e. The van der Waals surface area contributed by atoms with E-state index in [9.17, 15) is 9.90 Å². The molecule has 4 nitrogen and oxygen atoms in total. The maximum absolute atomic E-state index is 11.2. The molecular weight excluding hydrogens is 242 g/mol. The van der Waals surface area contributed by atoms with E-state index >= 15 is 0 Å². The fourth-order valence-corrected chi connectivity index (χ4v) is 2.05. The third kappa shape index (κ3) is 3.10. The number of ether oxygens (including phenoxy) is 1. The normalized spacial score (nSPS) is 14.1. The lowest BCUT2D eigenvalue weighted by Crippen LogP contribution is -2.42. The SMILES string of the molecule is COC(=O)C(O)C(N)Cc1ccc2ccccc2c1. The summed E-state index contributed by atoms with van der Waals surface area (Å²) in [6.45, 7) is 0. The van der Waals surface area contributed by atoms with E-state index in [0.29, 0.717) is 6.42 Å². The number of methoxy groups -OCH3 is 1. The highest BCUT2D eigenvalue weighted by molar-refractivity contribution is 5.83. The van der Waals surface area contributed by atoms with Crippen LogP contribution in [0.25, 0.3) is 10.8 Å². The summed E-state index contributed by atoms with van der Waals surface area (Å²) in [6, 6.07) is 13.3. The Morgan fingerprint density at radius 3 is 2.63 bits per heavy atom. The molecule has 0 heterocycles. The Morgan fingerprint density at radius 1 is 1.26 bits per heavy atom. The number of fused-ring (bicyclic) bond motifs is 1. The summed E-state index contributed by atoms with van der Waals surface area (Å²) in [4.78, 5) is 11.2. The number of aliphatic hydroxyl groups excluding tert-OH is 1. The van der Waals surface area contributed by atoms with Gasteiger partial charge in [-0.25, -0.2) is 4.79 Å². The summed E-state index contributed by atoms with van der Waals surface area (Å²) < 4.78 is 4.47. The van der Waals surface area contributed by atoms with Crippen LogP contribution in [0.3, 0.4) is 0 Å². The highest BCUT2D eigenvalue weighted by Gasteiger charge is 2.23. The van der Waals surface area contributed by atoms with Gasteiger partial charge in [0.2, 0.25) is 0 Å². The molecule has 4 heteroatoms. The molecule has 0 aliphatic heterocycles. The molecule has 2 unspecified atom stereocenters. The van der Waals surface area contributed by atoms with Crippen LogP contribution in [0, 0.1) is 0 Å². The topological polar surface area (TPSA) is 72.5 Å². The summed E-state index contributed by atoms with van der Waals surface area (Å²) in [6.07, 6.45) is -0.877. The Kier molecular flexibility index (Phi) is 4.14. The molecule has 0 saturated carbocycles. The van der Waals surface area contributed by atoms with Gasteiger partial charge in [-0.2, -0.15) is 0 Å². The number of nitrogens with two attached hydrogens (primary N) is 1. The molecule has 2 atom stereocenters. The van der Waals surface area contributed by atoms with Crippen molar-refractivity contribution in [3.63, 3.8) is 0 Å². The molecule has 0 bridgehead atoms. The number of rotatable bonds is 4. The molecule has 19 heavy (non-hydrogen) atoms. The van der Waals surface area contributed by atoms with E-state index in [4.69, 9.17) is 5.73 Å². The summed E-state index contributed by atoms with van der Waals surface area (Å²) in [7, 11) is 1.23. The molecule has 0 radical (unpaired) electrons. The Labute approximate surface area is 111 Å². The van der Waals surface area contributed by atoms with Gasteiger partial charge in [-0.1, -0.05) is 42.5 Å². The lowest BCUT2D eigenvalue weighted by molar-refractivity contribution is -0.151. The molecule has 2 aromatic rings. The van der Waals surface area contributed by atoms with Crippen molar-refractivity contribution in [2.24, 2.45) is 5.73 Å². The largest absolute Gasteiger partial charge is 0.467 e. The second-order valence-electron chi connectivity index (χ2n) is 4.52. The second kappa shape index (κ2) is 5.82. The van der Waals surface area contributed by atoms with Crippen LogP contribution in [0.2, 0.25) is 0 Å². The highest BCUT2D eigenvalue weighted by atomic mass is 16.5. The molecule has 0 fully saturated rings. The second-order valence-corrected chi connectivity index (χ2v) is 4.52. The molecular formula is C15H17NO3. The predicted octanol–water partition coefficient (Wildman–Crippen LogP) is 1.24. The minimum absolute atomic E-state index is 0.418. The molecule has 0 aromatic heterocycles. The van der Waals surface area contributed by atoms with E-state index < -0.39 is 18.1 Å². The first-order valence-electron chi connectivity index (χ1n) is 6.11. The van der Waals surface area contributed by atoms with Gasteiger partial charge in [-0.05, 0) is 22.8 Å². The number of benzene rings is 2. The van der Waals surface area contributed by atoms with Crippen molar-refractivity contribution < 1.29 is 14.6 Å². The monoisotopic (exact) mass is 259 g/mol. The Balaban J connectivity index is 2.14. The van der Waals surface area contributed by atoms with E-state index in [-0.39, 0.29) is 0 Å². The van der Waals surface area contributed by atoms with Gasteiger partial charge in [0, 0.05) is 6.04 Å². The van der Waals surface area contributed by atoms with Crippen molar-refractivity contribution in [2.45, 2.75) is 18.6 Å². The third-order valence-electron chi connectivity index (χ3n) is 3.13. The number of aliphatic hydroxyl groups is 1. The van der Waals surface area contributed by atoms with Crippen molar-refractivity contribution in [1.29, 1.82) is 0 Å². The van der Waals surface area contributed by atoms with Crippen LogP contribution in [-0.4, -0.2) is 30.3 Å². The minimum atomic E-state index is -1.29. The molecule has 2 aromatic carbocycles. The maximum Gasteiger partial charge on any atom is 0.336 e. The third-order valence-corrected chi connectivity index (χ3v) is 3.13. The van der Waals surface area contributed by atoms with E-state index in [2.05, 4.69) is 4.74 Å². The van der Waals surface area contributed by atoms with Gasteiger partial charge in [0.15, 0.2) is 6.10 Å². The van der Waals surface area contributed by atoms with Crippen molar-refractivity contribution in [2.75, 3.05) is 7.11 Å². The van der Waals surface area contributed by atoms with E-state index in [1.807, 2.05) is 42.5 Å². The molecule has 3 N–H and O–H groups in total. The molecule has 100 valence electrons. The van der Waals surface area contributed by atoms with Crippen LogP contribution < -0.4 is 5.73 Å². The quantitative estimate of drug-likeness (QED) is 0.810. The number of hydrogen-bond donors (Lipinski definition) is 2. The van der Waals surface area contributed by atoms with Gasteiger partial charge in [0.05, 0.1) is 7.11 Å². The van der Waals surface area contributed by atoms with E-state index in [1.54, 1.807) is 0 Å². The molecule has 0 spiro atoms. The van der Waals surface area contributed by atoms with Crippen LogP contribution in [0.15, 0.2) is 42.5 Å². The summed E-state index contributed by atoms with van der Waals surface area (Å²) in [5.74, 6) is -0.701. The Bertz CT molecular complexity index is 582. The van der Waals surface area contributed by atoms with Gasteiger partial charge >= 0.3 is 5.97 Å². The molecule has 0 amide bonds.